The average Bonchev–Trinajstić information content (AvgIpc) is 2.07. The lowest BCUT2D eigenvalue weighted by Crippen LogP contribution is -2.47. The molecule has 1 fully saturated rings. The van der Waals surface area contributed by atoms with Crippen LogP contribution in [0.25, 0.3) is 0 Å². The van der Waals surface area contributed by atoms with Crippen molar-refractivity contribution in [3.05, 3.63) is 0 Å². The monoisotopic (exact) mass is 176 g/mol. The first-order valence-corrected chi connectivity index (χ1v) is 4.89. The molecule has 11 heavy (non-hydrogen) atoms. The zero-order valence-corrected chi connectivity index (χ0v) is 7.90. The van der Waals surface area contributed by atoms with E-state index in [0.717, 1.165) is 25.4 Å². The summed E-state index contributed by atoms with van der Waals surface area (Å²) in [5.41, 5.74) is 0. The van der Waals surface area contributed by atoms with Crippen molar-refractivity contribution < 1.29 is 0 Å². The molecule has 0 radical (unpaired) electrons. The molecule has 1 aliphatic rings. The van der Waals surface area contributed by atoms with E-state index in [9.17, 15) is 0 Å². The normalized spacial score (nSPS) is 23.5. The van der Waals surface area contributed by atoms with Crippen LogP contribution in [-0.2, 0) is 0 Å². The molecule has 1 aliphatic heterocycles. The fourth-order valence-electron chi connectivity index (χ4n) is 1.46. The van der Waals surface area contributed by atoms with Gasteiger partial charge in [-0.05, 0) is 13.3 Å². The highest BCUT2D eigenvalue weighted by atomic mass is 35.5. The van der Waals surface area contributed by atoms with Crippen LogP contribution in [0.4, 0.5) is 0 Å². The largest absolute Gasteiger partial charge is 0.314 e. The van der Waals surface area contributed by atoms with E-state index in [4.69, 9.17) is 11.6 Å². The number of halogens is 1. The number of piperazine rings is 1. The highest BCUT2D eigenvalue weighted by Gasteiger charge is 2.14. The van der Waals surface area contributed by atoms with Crippen molar-refractivity contribution in [3.8, 4) is 0 Å². The molecule has 0 bridgehead atoms. The predicted molar refractivity (Wildman–Crippen MR) is 49.2 cm³/mol. The van der Waals surface area contributed by atoms with E-state index in [1.807, 2.05) is 0 Å². The molecule has 1 saturated heterocycles. The van der Waals surface area contributed by atoms with Crippen molar-refractivity contribution >= 4 is 11.6 Å². The summed E-state index contributed by atoms with van der Waals surface area (Å²) in [6.07, 6.45) is 1.11. The summed E-state index contributed by atoms with van der Waals surface area (Å²) >= 11 is 5.67. The smallest absolute Gasteiger partial charge is 0.0238 e. The van der Waals surface area contributed by atoms with Crippen LogP contribution in [0, 0.1) is 0 Å². The molecule has 1 N–H and O–H groups in total. The van der Waals surface area contributed by atoms with Crippen molar-refractivity contribution in [1.29, 1.82) is 0 Å². The van der Waals surface area contributed by atoms with Crippen molar-refractivity contribution in [2.45, 2.75) is 19.4 Å². The first kappa shape index (κ1) is 9.30. The van der Waals surface area contributed by atoms with Crippen molar-refractivity contribution in [2.24, 2.45) is 0 Å². The van der Waals surface area contributed by atoms with Crippen LogP contribution in [0.3, 0.4) is 0 Å². The molecule has 1 heterocycles. The fraction of sp³-hybridized carbons (Fsp3) is 1.00. The molecule has 0 amide bonds. The molecule has 0 spiro atoms. The Morgan fingerprint density at radius 3 is 2.64 bits per heavy atom. The van der Waals surface area contributed by atoms with Gasteiger partial charge in [-0.15, -0.1) is 11.6 Å². The van der Waals surface area contributed by atoms with Crippen molar-refractivity contribution in [3.63, 3.8) is 0 Å². The van der Waals surface area contributed by atoms with Gasteiger partial charge < -0.3 is 5.32 Å². The number of alkyl halides is 1. The molecule has 1 rings (SSSR count). The lowest BCUT2D eigenvalue weighted by atomic mass is 10.2. The summed E-state index contributed by atoms with van der Waals surface area (Å²) in [6.45, 7) is 6.88. The minimum Gasteiger partial charge on any atom is -0.314 e. The van der Waals surface area contributed by atoms with Gasteiger partial charge in [-0.25, -0.2) is 0 Å². The van der Waals surface area contributed by atoms with Crippen LogP contribution < -0.4 is 5.32 Å². The molecule has 1 unspecified atom stereocenters. The molecule has 2 nitrogen and oxygen atoms in total. The van der Waals surface area contributed by atoms with E-state index in [0.29, 0.717) is 6.04 Å². The molecule has 66 valence electrons. The Hall–Kier alpha value is 0.210. The standard InChI is InChI=1S/C8H17ClN2/c1-8(2-3-9)11-6-4-10-5-7-11/h8,10H,2-7H2,1H3. The van der Waals surface area contributed by atoms with E-state index < -0.39 is 0 Å². The van der Waals surface area contributed by atoms with Gasteiger partial charge in [0.15, 0.2) is 0 Å². The summed E-state index contributed by atoms with van der Waals surface area (Å²) in [6, 6.07) is 0.662. The third-order valence-electron chi connectivity index (χ3n) is 2.30. The summed E-state index contributed by atoms with van der Waals surface area (Å²) in [5.74, 6) is 0.783. The molecular formula is C8H17ClN2. The number of nitrogens with one attached hydrogen (secondary N) is 1. The Bertz CT molecular complexity index is 102. The molecule has 0 aromatic heterocycles. The first-order valence-electron chi connectivity index (χ1n) is 4.35. The third-order valence-corrected chi connectivity index (χ3v) is 2.52. The highest BCUT2D eigenvalue weighted by molar-refractivity contribution is 6.17. The van der Waals surface area contributed by atoms with Crippen LogP contribution in [-0.4, -0.2) is 43.0 Å². The quantitative estimate of drug-likeness (QED) is 0.644. The molecule has 0 saturated carbocycles. The summed E-state index contributed by atoms with van der Waals surface area (Å²) in [7, 11) is 0. The lowest BCUT2D eigenvalue weighted by molar-refractivity contribution is 0.181. The van der Waals surface area contributed by atoms with Gasteiger partial charge in [0, 0.05) is 38.1 Å². The fourth-order valence-corrected chi connectivity index (χ4v) is 1.78. The second kappa shape index (κ2) is 4.96. The molecule has 0 aromatic rings. The molecule has 1 atom stereocenters. The van der Waals surface area contributed by atoms with Gasteiger partial charge in [-0.1, -0.05) is 0 Å². The molecule has 0 aromatic carbocycles. The molecule has 0 aliphatic carbocycles. The maximum Gasteiger partial charge on any atom is 0.0238 e. The van der Waals surface area contributed by atoms with E-state index in [-0.39, 0.29) is 0 Å². The minimum absolute atomic E-state index is 0.662. The Labute approximate surface area is 73.9 Å². The van der Waals surface area contributed by atoms with Crippen LogP contribution in [0.5, 0.6) is 0 Å². The van der Waals surface area contributed by atoms with Gasteiger partial charge in [0.05, 0.1) is 0 Å². The summed E-state index contributed by atoms with van der Waals surface area (Å²) in [5, 5.41) is 3.34. The van der Waals surface area contributed by atoms with E-state index >= 15 is 0 Å². The Balaban J connectivity index is 2.21. The van der Waals surface area contributed by atoms with Gasteiger partial charge >= 0.3 is 0 Å². The number of rotatable bonds is 3. The van der Waals surface area contributed by atoms with Crippen LogP contribution in [0.2, 0.25) is 0 Å². The van der Waals surface area contributed by atoms with Gasteiger partial charge in [-0.3, -0.25) is 4.90 Å². The highest BCUT2D eigenvalue weighted by Crippen LogP contribution is 2.05. The second-order valence-electron chi connectivity index (χ2n) is 3.11. The Morgan fingerprint density at radius 2 is 2.09 bits per heavy atom. The van der Waals surface area contributed by atoms with Crippen molar-refractivity contribution in [1.82, 2.24) is 10.2 Å². The van der Waals surface area contributed by atoms with Gasteiger partial charge in [0.25, 0.3) is 0 Å². The minimum atomic E-state index is 0.662. The summed E-state index contributed by atoms with van der Waals surface area (Å²) < 4.78 is 0. The van der Waals surface area contributed by atoms with E-state index in [1.54, 1.807) is 0 Å². The van der Waals surface area contributed by atoms with Crippen LogP contribution in [0.15, 0.2) is 0 Å². The van der Waals surface area contributed by atoms with Crippen LogP contribution in [0.1, 0.15) is 13.3 Å². The maximum atomic E-state index is 5.67. The van der Waals surface area contributed by atoms with Gasteiger partial charge in [0.2, 0.25) is 0 Å². The predicted octanol–water partition coefficient (Wildman–Crippen LogP) is 0.909. The summed E-state index contributed by atoms with van der Waals surface area (Å²) in [4.78, 5) is 2.50. The van der Waals surface area contributed by atoms with E-state index in [1.165, 1.54) is 13.1 Å². The zero-order chi connectivity index (χ0) is 8.10. The van der Waals surface area contributed by atoms with Gasteiger partial charge in [-0.2, -0.15) is 0 Å². The molecular weight excluding hydrogens is 160 g/mol. The SMILES string of the molecule is CC(CCCl)N1CCNCC1. The van der Waals surface area contributed by atoms with E-state index in [2.05, 4.69) is 17.1 Å². The zero-order valence-electron chi connectivity index (χ0n) is 7.15. The van der Waals surface area contributed by atoms with Crippen LogP contribution >= 0.6 is 11.6 Å². The first-order chi connectivity index (χ1) is 5.34. The maximum absolute atomic E-state index is 5.67. The topological polar surface area (TPSA) is 15.3 Å². The van der Waals surface area contributed by atoms with Gasteiger partial charge in [0.1, 0.15) is 0 Å². The Morgan fingerprint density at radius 1 is 1.45 bits per heavy atom. The number of hydrogen-bond donors (Lipinski definition) is 1. The number of hydrogen-bond acceptors (Lipinski definition) is 2. The second-order valence-corrected chi connectivity index (χ2v) is 3.49. The lowest BCUT2D eigenvalue weighted by Gasteiger charge is -2.32. The third kappa shape index (κ3) is 2.97. The average molecular weight is 177 g/mol. The Kier molecular flexibility index (Phi) is 4.20. The number of nitrogens with zero attached hydrogens (tertiary/aromatic N) is 1. The molecule has 3 heteroatoms. The van der Waals surface area contributed by atoms with Crippen molar-refractivity contribution in [2.75, 3.05) is 32.1 Å².